The number of thioether (sulfide) groups is 2. The molecule has 110 valence electrons. The summed E-state index contributed by atoms with van der Waals surface area (Å²) in [4.78, 5) is 17.1. The van der Waals surface area contributed by atoms with E-state index in [4.69, 9.17) is 5.26 Å². The average Bonchev–Trinajstić information content (AvgIpc) is 2.54. The molecule has 0 spiro atoms. The average molecular weight is 328 g/mol. The van der Waals surface area contributed by atoms with Gasteiger partial charge in [-0.3, -0.25) is 9.79 Å². The molecule has 22 heavy (non-hydrogen) atoms. The van der Waals surface area contributed by atoms with E-state index < -0.39 is 0 Å². The molecule has 1 aromatic heterocycles. The Bertz CT molecular complexity index is 838. The fourth-order valence-electron chi connectivity index (χ4n) is 2.11. The number of aromatic nitrogens is 2. The Morgan fingerprint density at radius 2 is 2.27 bits per heavy atom. The Labute approximate surface area is 135 Å². The number of nitrogens with zero attached hydrogens (tertiary/aromatic N) is 3. The van der Waals surface area contributed by atoms with E-state index in [1.165, 1.54) is 11.8 Å². The van der Waals surface area contributed by atoms with E-state index in [1.54, 1.807) is 24.0 Å². The molecule has 1 aliphatic heterocycles. The third-order valence-corrected chi connectivity index (χ3v) is 5.58. The molecule has 2 aromatic rings. The lowest BCUT2D eigenvalue weighted by Gasteiger charge is -2.18. The minimum absolute atomic E-state index is 0.0836. The number of nitrogens with one attached hydrogen (secondary N) is 1. The van der Waals surface area contributed by atoms with E-state index >= 15 is 0 Å². The topological polar surface area (TPSA) is 81.9 Å². The summed E-state index contributed by atoms with van der Waals surface area (Å²) in [5, 5.41) is 15.4. The third kappa shape index (κ3) is 2.93. The lowest BCUT2D eigenvalue weighted by Crippen LogP contribution is -2.17. The highest BCUT2D eigenvalue weighted by molar-refractivity contribution is 8.38. The predicted molar refractivity (Wildman–Crippen MR) is 89.0 cm³/mol. The van der Waals surface area contributed by atoms with Crippen molar-refractivity contribution in [1.82, 2.24) is 10.2 Å². The van der Waals surface area contributed by atoms with Gasteiger partial charge >= 0.3 is 0 Å². The van der Waals surface area contributed by atoms with Gasteiger partial charge in [0.05, 0.1) is 28.8 Å². The molecule has 2 heterocycles. The van der Waals surface area contributed by atoms with Crippen LogP contribution in [0.2, 0.25) is 0 Å². The van der Waals surface area contributed by atoms with E-state index in [0.717, 1.165) is 15.5 Å². The van der Waals surface area contributed by atoms with Crippen molar-refractivity contribution in [3.8, 4) is 6.07 Å². The summed E-state index contributed by atoms with van der Waals surface area (Å²) in [5.41, 5.74) is 2.32. The van der Waals surface area contributed by atoms with Crippen LogP contribution in [-0.4, -0.2) is 14.6 Å². The van der Waals surface area contributed by atoms with E-state index in [0.29, 0.717) is 16.2 Å². The van der Waals surface area contributed by atoms with Gasteiger partial charge < -0.3 is 0 Å². The summed E-state index contributed by atoms with van der Waals surface area (Å²) in [5.74, 6) is 0.653. The van der Waals surface area contributed by atoms with Crippen LogP contribution in [0.15, 0.2) is 45.1 Å². The quantitative estimate of drug-likeness (QED) is 0.916. The summed E-state index contributed by atoms with van der Waals surface area (Å²) in [6.45, 7) is 1.95. The molecule has 1 unspecified atom stereocenters. The van der Waals surface area contributed by atoms with Gasteiger partial charge in [-0.25, -0.2) is 5.10 Å². The van der Waals surface area contributed by atoms with Crippen molar-refractivity contribution in [2.75, 3.05) is 0 Å². The second-order valence-corrected chi connectivity index (χ2v) is 6.94. The Kier molecular flexibility index (Phi) is 4.32. The van der Waals surface area contributed by atoms with Gasteiger partial charge in [-0.1, -0.05) is 41.7 Å². The zero-order chi connectivity index (χ0) is 15.5. The molecule has 5 nitrogen and oxygen atoms in total. The zero-order valence-electron chi connectivity index (χ0n) is 11.7. The van der Waals surface area contributed by atoms with E-state index in [1.807, 2.05) is 25.1 Å². The number of rotatable bonds is 2. The van der Waals surface area contributed by atoms with Crippen LogP contribution in [0.5, 0.6) is 0 Å². The highest BCUT2D eigenvalue weighted by atomic mass is 32.2. The van der Waals surface area contributed by atoms with Crippen LogP contribution in [-0.2, 0) is 5.75 Å². The summed E-state index contributed by atoms with van der Waals surface area (Å²) < 4.78 is 0.837. The summed E-state index contributed by atoms with van der Waals surface area (Å²) >= 11 is 2.91. The van der Waals surface area contributed by atoms with E-state index in [-0.39, 0.29) is 11.6 Å². The predicted octanol–water partition coefficient (Wildman–Crippen LogP) is 3.10. The number of aromatic amines is 1. The molecule has 1 aromatic carbocycles. The lowest BCUT2D eigenvalue weighted by atomic mass is 10.1. The van der Waals surface area contributed by atoms with Crippen LogP contribution < -0.4 is 5.56 Å². The number of nitriles is 1. The zero-order valence-corrected chi connectivity index (χ0v) is 13.4. The summed E-state index contributed by atoms with van der Waals surface area (Å²) in [6, 6.07) is 9.62. The van der Waals surface area contributed by atoms with E-state index in [9.17, 15) is 4.79 Å². The first-order valence-corrected chi connectivity index (χ1v) is 8.43. The van der Waals surface area contributed by atoms with Gasteiger partial charge in [0.2, 0.25) is 0 Å². The van der Waals surface area contributed by atoms with Gasteiger partial charge in [-0.15, -0.1) is 0 Å². The number of benzene rings is 1. The van der Waals surface area contributed by atoms with Gasteiger partial charge in [-0.05, 0) is 18.6 Å². The standard InChI is InChI=1S/C15H12N4OS2/c1-9-12-7-17-19-14(20)13(12)22-15(18-9)21-8-11-5-3-2-4-10(11)6-16/h2-5,7,9H,8H2,1H3,(H,19,20). The highest BCUT2D eigenvalue weighted by Gasteiger charge is 2.22. The summed E-state index contributed by atoms with van der Waals surface area (Å²) in [7, 11) is 0. The summed E-state index contributed by atoms with van der Waals surface area (Å²) in [6.07, 6.45) is 1.66. The maximum atomic E-state index is 11.9. The Balaban J connectivity index is 1.79. The van der Waals surface area contributed by atoms with Crippen molar-refractivity contribution in [1.29, 1.82) is 5.26 Å². The molecular formula is C15H12N4OS2. The van der Waals surface area contributed by atoms with Gasteiger partial charge in [-0.2, -0.15) is 10.4 Å². The van der Waals surface area contributed by atoms with Gasteiger partial charge in [0, 0.05) is 11.3 Å². The molecule has 1 atom stereocenters. The molecule has 0 radical (unpaired) electrons. The van der Waals surface area contributed by atoms with Crippen LogP contribution in [0.3, 0.4) is 0 Å². The largest absolute Gasteiger partial charge is 0.278 e. The molecule has 0 aliphatic carbocycles. The Morgan fingerprint density at radius 1 is 1.45 bits per heavy atom. The first-order chi connectivity index (χ1) is 10.7. The second kappa shape index (κ2) is 6.38. The first kappa shape index (κ1) is 14.9. The lowest BCUT2D eigenvalue weighted by molar-refractivity contribution is 0.764. The SMILES string of the molecule is CC1N=C(SCc2ccccc2C#N)Sc2c1cn[nH]c2=O. The van der Waals surface area contributed by atoms with Crippen LogP contribution in [0, 0.1) is 11.3 Å². The second-order valence-electron chi connectivity index (χ2n) is 4.71. The molecule has 0 bridgehead atoms. The van der Waals surface area contributed by atoms with E-state index in [2.05, 4.69) is 21.3 Å². The van der Waals surface area contributed by atoms with Crippen molar-refractivity contribution in [2.45, 2.75) is 23.6 Å². The minimum Gasteiger partial charge on any atom is -0.267 e. The molecule has 0 amide bonds. The van der Waals surface area contributed by atoms with Crippen molar-refractivity contribution in [3.63, 3.8) is 0 Å². The van der Waals surface area contributed by atoms with Crippen LogP contribution in [0.4, 0.5) is 0 Å². The molecule has 7 heteroatoms. The smallest absolute Gasteiger partial charge is 0.267 e. The molecule has 0 saturated heterocycles. The number of fused-ring (bicyclic) bond motifs is 1. The van der Waals surface area contributed by atoms with Gasteiger partial charge in [0.1, 0.15) is 4.38 Å². The Hall–Kier alpha value is -2.04. The van der Waals surface area contributed by atoms with Crippen LogP contribution >= 0.6 is 23.5 Å². The molecular weight excluding hydrogens is 316 g/mol. The van der Waals surface area contributed by atoms with Gasteiger partial charge in [0.25, 0.3) is 5.56 Å². The molecule has 0 saturated carbocycles. The van der Waals surface area contributed by atoms with Crippen molar-refractivity contribution in [3.05, 3.63) is 57.5 Å². The van der Waals surface area contributed by atoms with Gasteiger partial charge in [0.15, 0.2) is 0 Å². The normalized spacial score (nSPS) is 16.5. The number of hydrogen-bond acceptors (Lipinski definition) is 6. The number of H-pyrrole nitrogens is 1. The number of hydrogen-bond donors (Lipinski definition) is 1. The minimum atomic E-state index is -0.181. The molecule has 3 rings (SSSR count). The third-order valence-electron chi connectivity index (χ3n) is 3.27. The number of aliphatic imine (C=N–C) groups is 1. The molecule has 1 aliphatic rings. The Morgan fingerprint density at radius 3 is 3.09 bits per heavy atom. The highest BCUT2D eigenvalue weighted by Crippen LogP contribution is 2.37. The maximum Gasteiger partial charge on any atom is 0.278 e. The van der Waals surface area contributed by atoms with Crippen molar-refractivity contribution in [2.24, 2.45) is 4.99 Å². The fraction of sp³-hybridized carbons (Fsp3) is 0.200. The van der Waals surface area contributed by atoms with Crippen molar-refractivity contribution < 1.29 is 0 Å². The van der Waals surface area contributed by atoms with Crippen LogP contribution in [0.25, 0.3) is 0 Å². The van der Waals surface area contributed by atoms with Crippen molar-refractivity contribution >= 4 is 27.9 Å². The first-order valence-electron chi connectivity index (χ1n) is 6.63. The molecule has 1 N–H and O–H groups in total. The fourth-order valence-corrected chi connectivity index (χ4v) is 4.40. The molecule has 0 fully saturated rings. The van der Waals surface area contributed by atoms with Crippen LogP contribution in [0.1, 0.15) is 29.7 Å². The monoisotopic (exact) mass is 328 g/mol. The maximum absolute atomic E-state index is 11.9.